The van der Waals surface area contributed by atoms with E-state index in [1.165, 1.54) is 0 Å². The summed E-state index contributed by atoms with van der Waals surface area (Å²) < 4.78 is 0. The van der Waals surface area contributed by atoms with Gasteiger partial charge in [-0.05, 0) is 6.92 Å². The zero-order valence-corrected chi connectivity index (χ0v) is 9.05. The van der Waals surface area contributed by atoms with Gasteiger partial charge in [0, 0.05) is 11.5 Å². The van der Waals surface area contributed by atoms with Crippen LogP contribution >= 0.6 is 0 Å². The maximum Gasteiger partial charge on any atom is 0.168 e. The van der Waals surface area contributed by atoms with Gasteiger partial charge in [-0.2, -0.15) is 0 Å². The minimum absolute atomic E-state index is 0.0267. The molecule has 0 aromatic heterocycles. The quantitative estimate of drug-likeness (QED) is 0.604. The van der Waals surface area contributed by atoms with Crippen molar-refractivity contribution in [3.63, 3.8) is 0 Å². The SMILES string of the molecule is C/C=C/[C@@H](O)[C@H](C)C(=O)c1ccccc1. The van der Waals surface area contributed by atoms with Gasteiger partial charge < -0.3 is 5.11 Å². The van der Waals surface area contributed by atoms with Crippen molar-refractivity contribution < 1.29 is 9.90 Å². The molecule has 0 fully saturated rings. The fraction of sp³-hybridized carbons (Fsp3) is 0.308. The highest BCUT2D eigenvalue weighted by Crippen LogP contribution is 2.13. The van der Waals surface area contributed by atoms with Crippen LogP contribution in [0.2, 0.25) is 0 Å². The average Bonchev–Trinajstić information content (AvgIpc) is 2.28. The number of hydrogen-bond donors (Lipinski definition) is 1. The summed E-state index contributed by atoms with van der Waals surface area (Å²) in [6.45, 7) is 3.56. The van der Waals surface area contributed by atoms with Gasteiger partial charge in [0.1, 0.15) is 0 Å². The molecule has 0 heterocycles. The third kappa shape index (κ3) is 3.03. The van der Waals surface area contributed by atoms with Crippen molar-refractivity contribution in [1.82, 2.24) is 0 Å². The monoisotopic (exact) mass is 204 g/mol. The van der Waals surface area contributed by atoms with Crippen molar-refractivity contribution in [1.29, 1.82) is 0 Å². The number of benzene rings is 1. The van der Waals surface area contributed by atoms with E-state index in [1.54, 1.807) is 31.2 Å². The summed E-state index contributed by atoms with van der Waals surface area (Å²) in [4.78, 5) is 11.9. The van der Waals surface area contributed by atoms with Gasteiger partial charge >= 0.3 is 0 Å². The molecule has 0 unspecified atom stereocenters. The van der Waals surface area contributed by atoms with Crippen molar-refractivity contribution in [2.24, 2.45) is 5.92 Å². The zero-order chi connectivity index (χ0) is 11.3. The first-order valence-electron chi connectivity index (χ1n) is 5.07. The molecule has 0 spiro atoms. The van der Waals surface area contributed by atoms with Crippen molar-refractivity contribution in [2.45, 2.75) is 20.0 Å². The molecule has 0 bridgehead atoms. The molecule has 0 amide bonds. The molecule has 1 N–H and O–H groups in total. The molecule has 1 aromatic carbocycles. The van der Waals surface area contributed by atoms with Crippen LogP contribution in [-0.2, 0) is 0 Å². The van der Waals surface area contributed by atoms with Crippen LogP contribution in [0.3, 0.4) is 0 Å². The molecule has 0 aliphatic heterocycles. The Morgan fingerprint density at radius 3 is 2.47 bits per heavy atom. The van der Waals surface area contributed by atoms with E-state index >= 15 is 0 Å². The van der Waals surface area contributed by atoms with Crippen LogP contribution in [0.1, 0.15) is 24.2 Å². The maximum atomic E-state index is 11.9. The summed E-state index contributed by atoms with van der Waals surface area (Å²) in [5, 5.41) is 9.64. The van der Waals surface area contributed by atoms with E-state index < -0.39 is 12.0 Å². The molecule has 0 radical (unpaired) electrons. The van der Waals surface area contributed by atoms with Crippen molar-refractivity contribution in [3.8, 4) is 0 Å². The topological polar surface area (TPSA) is 37.3 Å². The standard InChI is InChI=1S/C13H16O2/c1-3-7-12(14)10(2)13(15)11-8-5-4-6-9-11/h3-10,12,14H,1-2H3/b7-3+/t10-,12+/m0/s1. The second kappa shape index (κ2) is 5.47. The van der Waals surface area contributed by atoms with Crippen molar-refractivity contribution in [2.75, 3.05) is 0 Å². The highest BCUT2D eigenvalue weighted by atomic mass is 16.3. The number of rotatable bonds is 4. The molecule has 80 valence electrons. The Labute approximate surface area is 90.3 Å². The summed E-state index contributed by atoms with van der Waals surface area (Å²) in [6.07, 6.45) is 2.67. The summed E-state index contributed by atoms with van der Waals surface area (Å²) in [5.74, 6) is -0.426. The molecule has 2 atom stereocenters. The molecule has 1 aromatic rings. The van der Waals surface area contributed by atoms with E-state index in [2.05, 4.69) is 0 Å². The normalized spacial score (nSPS) is 15.1. The van der Waals surface area contributed by atoms with Crippen LogP contribution in [0.25, 0.3) is 0 Å². The largest absolute Gasteiger partial charge is 0.388 e. The van der Waals surface area contributed by atoms with Gasteiger partial charge in [-0.25, -0.2) is 0 Å². The average molecular weight is 204 g/mol. The van der Waals surface area contributed by atoms with E-state index in [9.17, 15) is 9.90 Å². The Morgan fingerprint density at radius 2 is 1.93 bits per heavy atom. The summed E-state index contributed by atoms with van der Waals surface area (Å²) >= 11 is 0. The minimum Gasteiger partial charge on any atom is -0.388 e. The van der Waals surface area contributed by atoms with Gasteiger partial charge in [-0.3, -0.25) is 4.79 Å². The Hall–Kier alpha value is -1.41. The van der Waals surface area contributed by atoms with Gasteiger partial charge in [-0.15, -0.1) is 0 Å². The molecule has 0 aliphatic carbocycles. The number of aliphatic hydroxyl groups is 1. The van der Waals surface area contributed by atoms with Gasteiger partial charge in [0.25, 0.3) is 0 Å². The molecule has 2 nitrogen and oxygen atoms in total. The number of aliphatic hydroxyl groups excluding tert-OH is 1. The smallest absolute Gasteiger partial charge is 0.168 e. The number of ketones is 1. The predicted molar refractivity (Wildman–Crippen MR) is 60.8 cm³/mol. The first kappa shape index (κ1) is 11.7. The van der Waals surface area contributed by atoms with Crippen molar-refractivity contribution in [3.05, 3.63) is 48.0 Å². The lowest BCUT2D eigenvalue weighted by Gasteiger charge is -2.14. The lowest BCUT2D eigenvalue weighted by Crippen LogP contribution is -2.23. The molecule has 0 saturated carbocycles. The maximum absolute atomic E-state index is 11.9. The first-order chi connectivity index (χ1) is 7.16. The number of carbonyl (C=O) groups excluding carboxylic acids is 1. The minimum atomic E-state index is -0.706. The fourth-order valence-corrected chi connectivity index (χ4v) is 1.38. The lowest BCUT2D eigenvalue weighted by atomic mass is 9.94. The fourth-order valence-electron chi connectivity index (χ4n) is 1.38. The number of allylic oxidation sites excluding steroid dienone is 1. The van der Waals surface area contributed by atoms with Crippen LogP contribution in [0.4, 0.5) is 0 Å². The van der Waals surface area contributed by atoms with Gasteiger partial charge in [0.2, 0.25) is 0 Å². The van der Waals surface area contributed by atoms with Crippen LogP contribution in [0, 0.1) is 5.92 Å². The van der Waals surface area contributed by atoms with Gasteiger partial charge in [0.05, 0.1) is 6.10 Å². The zero-order valence-electron chi connectivity index (χ0n) is 9.05. The third-order valence-electron chi connectivity index (χ3n) is 2.37. The number of Topliss-reactive ketones (excluding diaryl/α,β-unsaturated/α-hetero) is 1. The molecular weight excluding hydrogens is 188 g/mol. The second-order valence-corrected chi connectivity index (χ2v) is 3.54. The first-order valence-corrected chi connectivity index (χ1v) is 5.07. The van der Waals surface area contributed by atoms with Crippen molar-refractivity contribution >= 4 is 5.78 Å². The summed E-state index contributed by atoms with van der Waals surface area (Å²) in [7, 11) is 0. The third-order valence-corrected chi connectivity index (χ3v) is 2.37. The van der Waals surface area contributed by atoms with Crippen LogP contribution in [0.5, 0.6) is 0 Å². The van der Waals surface area contributed by atoms with Crippen LogP contribution in [0.15, 0.2) is 42.5 Å². The van der Waals surface area contributed by atoms with E-state index in [0.717, 1.165) is 0 Å². The second-order valence-electron chi connectivity index (χ2n) is 3.54. The van der Waals surface area contributed by atoms with Gasteiger partial charge in [0.15, 0.2) is 5.78 Å². The number of hydrogen-bond acceptors (Lipinski definition) is 2. The molecular formula is C13H16O2. The van der Waals surface area contributed by atoms with E-state index in [4.69, 9.17) is 0 Å². The van der Waals surface area contributed by atoms with E-state index in [0.29, 0.717) is 5.56 Å². The van der Waals surface area contributed by atoms with E-state index in [-0.39, 0.29) is 5.78 Å². The Kier molecular flexibility index (Phi) is 4.25. The highest BCUT2D eigenvalue weighted by Gasteiger charge is 2.20. The summed E-state index contributed by atoms with van der Waals surface area (Å²) in [6, 6.07) is 9.04. The molecule has 0 saturated heterocycles. The Bertz CT molecular complexity index is 341. The molecule has 0 aliphatic rings. The predicted octanol–water partition coefficient (Wildman–Crippen LogP) is 2.44. The highest BCUT2D eigenvalue weighted by molar-refractivity contribution is 5.98. The van der Waals surface area contributed by atoms with Crippen LogP contribution < -0.4 is 0 Å². The van der Waals surface area contributed by atoms with Gasteiger partial charge in [-0.1, -0.05) is 49.4 Å². The molecule has 2 heteroatoms. The van der Waals surface area contributed by atoms with E-state index in [1.807, 2.05) is 25.1 Å². The number of carbonyl (C=O) groups is 1. The lowest BCUT2D eigenvalue weighted by molar-refractivity contribution is 0.0805. The summed E-state index contributed by atoms with van der Waals surface area (Å²) in [5.41, 5.74) is 0.647. The molecule has 15 heavy (non-hydrogen) atoms. The Morgan fingerprint density at radius 1 is 1.33 bits per heavy atom. The Balaban J connectivity index is 2.77. The van der Waals surface area contributed by atoms with Crippen LogP contribution in [-0.4, -0.2) is 17.0 Å². The molecule has 1 rings (SSSR count).